The van der Waals surface area contributed by atoms with E-state index < -0.39 is 42.3 Å². The lowest BCUT2D eigenvalue weighted by atomic mass is 10.0. The fourth-order valence-electron chi connectivity index (χ4n) is 4.80. The van der Waals surface area contributed by atoms with E-state index in [1.54, 1.807) is 12.4 Å². The molecule has 3 rings (SSSR count). The lowest BCUT2D eigenvalue weighted by molar-refractivity contribution is -0.129. The number of aromatic nitrogens is 1. The number of hydrogen-bond acceptors (Lipinski definition) is 9. The van der Waals surface area contributed by atoms with E-state index in [-0.39, 0.29) is 18.9 Å². The molecule has 0 aliphatic carbocycles. The van der Waals surface area contributed by atoms with Crippen LogP contribution < -0.4 is 32.7 Å². The molecule has 0 saturated heterocycles. The van der Waals surface area contributed by atoms with Gasteiger partial charge in [-0.1, -0.05) is 67.1 Å². The number of benzene rings is 2. The van der Waals surface area contributed by atoms with Crippen molar-refractivity contribution in [3.63, 3.8) is 0 Å². The number of aliphatic hydroxyl groups excluding tert-OH is 2. The van der Waals surface area contributed by atoms with Gasteiger partial charge in [-0.05, 0) is 61.1 Å². The smallest absolute Gasteiger partial charge is 0.239 e. The molecule has 1 aromatic heterocycles. The highest BCUT2D eigenvalue weighted by molar-refractivity contribution is 5.87. The first-order valence-electron chi connectivity index (χ1n) is 15.1. The number of rotatable bonds is 19. The quantitative estimate of drug-likeness (QED) is 0.0686. The summed E-state index contributed by atoms with van der Waals surface area (Å²) in [7, 11) is 0. The van der Waals surface area contributed by atoms with Gasteiger partial charge in [-0.2, -0.15) is 0 Å². The average molecular weight is 620 g/mol. The Labute approximate surface area is 264 Å². The van der Waals surface area contributed by atoms with Crippen LogP contribution in [-0.4, -0.2) is 76.5 Å². The van der Waals surface area contributed by atoms with Gasteiger partial charge in [0, 0.05) is 18.9 Å². The van der Waals surface area contributed by atoms with Crippen LogP contribution in [0.4, 0.5) is 0 Å². The van der Waals surface area contributed by atoms with Crippen LogP contribution in [-0.2, 0) is 27.3 Å². The monoisotopic (exact) mass is 619 g/mol. The molecule has 0 spiro atoms. The summed E-state index contributed by atoms with van der Waals surface area (Å²) in [6.45, 7) is 1.95. The summed E-state index contributed by atoms with van der Waals surface area (Å²) < 4.78 is 0. The van der Waals surface area contributed by atoms with Crippen molar-refractivity contribution < 1.29 is 24.6 Å². The first-order chi connectivity index (χ1) is 21.7. The summed E-state index contributed by atoms with van der Waals surface area (Å²) in [6.07, 6.45) is 3.04. The van der Waals surface area contributed by atoms with Gasteiger partial charge in [0.15, 0.2) is 0 Å². The van der Waals surface area contributed by atoms with Crippen LogP contribution in [0.15, 0.2) is 79.1 Å². The van der Waals surface area contributed by atoms with Crippen LogP contribution in [0.1, 0.15) is 37.3 Å². The van der Waals surface area contributed by atoms with E-state index in [0.29, 0.717) is 19.5 Å². The van der Waals surface area contributed by atoms with E-state index in [0.717, 1.165) is 35.1 Å². The number of amides is 3. The Balaban J connectivity index is 1.54. The molecule has 5 unspecified atom stereocenters. The molecule has 242 valence electrons. The van der Waals surface area contributed by atoms with Gasteiger partial charge >= 0.3 is 0 Å². The number of carbonyl (C=O) groups excluding carboxylic acids is 3. The zero-order valence-corrected chi connectivity index (χ0v) is 25.6. The highest BCUT2D eigenvalue weighted by atomic mass is 16.3. The Morgan fingerprint density at radius 2 is 1.62 bits per heavy atom. The molecule has 5 atom stereocenters. The van der Waals surface area contributed by atoms with Gasteiger partial charge in [-0.15, -0.1) is 0 Å². The summed E-state index contributed by atoms with van der Waals surface area (Å²) >= 11 is 0. The Morgan fingerprint density at radius 3 is 2.24 bits per heavy atom. The van der Waals surface area contributed by atoms with Crippen molar-refractivity contribution in [3.8, 4) is 11.1 Å². The van der Waals surface area contributed by atoms with E-state index >= 15 is 0 Å². The maximum atomic E-state index is 13.1. The largest absolute Gasteiger partial charge is 0.391 e. The van der Waals surface area contributed by atoms with Gasteiger partial charge in [0.1, 0.15) is 6.23 Å². The molecule has 0 fully saturated rings. The summed E-state index contributed by atoms with van der Waals surface area (Å²) in [5, 5.41) is 32.2. The third-order valence-electron chi connectivity index (χ3n) is 7.37. The predicted octanol–water partition coefficient (Wildman–Crippen LogP) is 0.322. The number of unbranched alkanes of at least 4 members (excludes halogenated alkanes) is 1. The normalized spacial score (nSPS) is 14.5. The van der Waals surface area contributed by atoms with Gasteiger partial charge in [-0.25, -0.2) is 0 Å². The van der Waals surface area contributed by atoms with E-state index in [9.17, 15) is 24.6 Å². The lowest BCUT2D eigenvalue weighted by Crippen LogP contribution is -2.60. The number of carbonyl (C=O) groups is 3. The minimum atomic E-state index is -1.50. The summed E-state index contributed by atoms with van der Waals surface area (Å²) in [5.74, 6) is -1.68. The molecule has 12 heteroatoms. The molecule has 3 amide bonds. The molecular formula is C33H45N7O5. The molecule has 1 heterocycles. The molecule has 45 heavy (non-hydrogen) atoms. The van der Waals surface area contributed by atoms with Gasteiger partial charge < -0.3 is 37.6 Å². The number of nitrogens with one attached hydrogen (secondary N) is 4. The van der Waals surface area contributed by atoms with Crippen LogP contribution in [0, 0.1) is 0 Å². The SMILES string of the molecule is CC(O)C(NC(=O)CNC(=O)C(CCCCN)NCc1ccc(-c2cccnc2)cc1)C(O)NC(Cc1ccccc1)C(N)=O. The number of nitrogens with two attached hydrogens (primary N) is 2. The molecule has 12 nitrogen and oxygen atoms in total. The van der Waals surface area contributed by atoms with Crippen molar-refractivity contribution in [3.05, 3.63) is 90.3 Å². The molecule has 0 radical (unpaired) electrons. The Hall–Kier alpha value is -4.20. The van der Waals surface area contributed by atoms with Crippen LogP contribution in [0.3, 0.4) is 0 Å². The standard InChI is InChI=1S/C33H45N7O5/c1-22(41)30(33(45)39-28(31(35)43)18-23-8-3-2-4-9-23)40-29(42)21-38-32(44)27(11-5-6-16-34)37-19-24-12-14-25(15-13-24)26-10-7-17-36-20-26/h2-4,7-10,12-15,17,20,22,27-28,30,33,37,39,41,45H,5-6,11,16,18-19,21,34H2,1H3,(H2,35,43)(H,38,44)(H,40,42). The summed E-state index contributed by atoms with van der Waals surface area (Å²) in [5.41, 5.74) is 15.0. The molecule has 10 N–H and O–H groups in total. The van der Waals surface area contributed by atoms with Crippen molar-refractivity contribution in [2.75, 3.05) is 13.1 Å². The zero-order valence-electron chi connectivity index (χ0n) is 25.6. The fraction of sp³-hybridized carbons (Fsp3) is 0.394. The molecule has 2 aromatic carbocycles. The Bertz CT molecular complexity index is 1330. The van der Waals surface area contributed by atoms with Crippen LogP contribution in [0.25, 0.3) is 11.1 Å². The van der Waals surface area contributed by atoms with Crippen molar-refractivity contribution in [2.24, 2.45) is 11.5 Å². The highest BCUT2D eigenvalue weighted by Gasteiger charge is 2.30. The van der Waals surface area contributed by atoms with Gasteiger partial charge in [0.2, 0.25) is 17.7 Å². The molecule has 0 saturated carbocycles. The van der Waals surface area contributed by atoms with E-state index in [2.05, 4.69) is 26.3 Å². The maximum Gasteiger partial charge on any atom is 0.239 e. The van der Waals surface area contributed by atoms with Gasteiger partial charge in [-0.3, -0.25) is 24.7 Å². The predicted molar refractivity (Wildman–Crippen MR) is 172 cm³/mol. The second-order valence-electron chi connectivity index (χ2n) is 11.0. The van der Waals surface area contributed by atoms with E-state index in [4.69, 9.17) is 11.5 Å². The van der Waals surface area contributed by atoms with Crippen LogP contribution in [0.5, 0.6) is 0 Å². The lowest BCUT2D eigenvalue weighted by Gasteiger charge is -2.30. The fourth-order valence-corrected chi connectivity index (χ4v) is 4.80. The molecule has 0 aliphatic heterocycles. The number of pyridine rings is 1. The number of aliphatic hydroxyl groups is 2. The number of primary amides is 1. The minimum absolute atomic E-state index is 0.205. The molecular weight excluding hydrogens is 574 g/mol. The summed E-state index contributed by atoms with van der Waals surface area (Å²) in [6, 6.07) is 18.2. The molecule has 3 aromatic rings. The van der Waals surface area contributed by atoms with Crippen LogP contribution >= 0.6 is 0 Å². The van der Waals surface area contributed by atoms with Crippen molar-refractivity contribution >= 4 is 17.7 Å². The first kappa shape index (κ1) is 35.3. The zero-order chi connectivity index (χ0) is 32.6. The maximum absolute atomic E-state index is 13.1. The third-order valence-corrected chi connectivity index (χ3v) is 7.37. The highest BCUT2D eigenvalue weighted by Crippen LogP contribution is 2.18. The van der Waals surface area contributed by atoms with Crippen LogP contribution in [0.2, 0.25) is 0 Å². The van der Waals surface area contributed by atoms with Crippen molar-refractivity contribution in [1.29, 1.82) is 0 Å². The molecule has 0 aliphatic rings. The Kier molecular flexibility index (Phi) is 14.6. The topological polar surface area (TPSA) is 205 Å². The van der Waals surface area contributed by atoms with Gasteiger partial charge in [0.25, 0.3) is 0 Å². The number of hydrogen-bond donors (Lipinski definition) is 8. The van der Waals surface area contributed by atoms with Crippen molar-refractivity contribution in [1.82, 2.24) is 26.3 Å². The number of nitrogens with zero attached hydrogens (tertiary/aromatic N) is 1. The van der Waals surface area contributed by atoms with Gasteiger partial charge in [0.05, 0.1) is 30.8 Å². The second kappa shape index (κ2) is 18.6. The van der Waals surface area contributed by atoms with E-state index in [1.165, 1.54) is 6.92 Å². The molecule has 0 bridgehead atoms. The average Bonchev–Trinajstić information content (AvgIpc) is 3.04. The first-order valence-corrected chi connectivity index (χ1v) is 15.1. The van der Waals surface area contributed by atoms with Crippen molar-refractivity contribution in [2.45, 2.75) is 69.6 Å². The Morgan fingerprint density at radius 1 is 0.889 bits per heavy atom. The second-order valence-corrected chi connectivity index (χ2v) is 11.0. The van der Waals surface area contributed by atoms with E-state index in [1.807, 2.05) is 66.7 Å². The third kappa shape index (κ3) is 12.0. The summed E-state index contributed by atoms with van der Waals surface area (Å²) in [4.78, 5) is 42.1. The minimum Gasteiger partial charge on any atom is -0.391 e.